The van der Waals surface area contributed by atoms with E-state index in [0.717, 1.165) is 35.8 Å². The van der Waals surface area contributed by atoms with E-state index in [-0.39, 0.29) is 0 Å². The maximum Gasteiger partial charge on any atom is 0.0819 e. The Morgan fingerprint density at radius 1 is 1.29 bits per heavy atom. The maximum absolute atomic E-state index is 10.4. The summed E-state index contributed by atoms with van der Waals surface area (Å²) in [5.41, 5.74) is 0.412. The third kappa shape index (κ3) is 3.60. The third-order valence-electron chi connectivity index (χ3n) is 3.33. The first-order valence-corrected chi connectivity index (χ1v) is 7.17. The average Bonchev–Trinajstić information content (AvgIpc) is 2.32. The highest BCUT2D eigenvalue weighted by atomic mass is 79.9. The van der Waals surface area contributed by atoms with Gasteiger partial charge in [-0.25, -0.2) is 0 Å². The molecule has 4 heteroatoms. The van der Waals surface area contributed by atoms with Gasteiger partial charge in [0.15, 0.2) is 0 Å². The van der Waals surface area contributed by atoms with Crippen LogP contribution in [0.5, 0.6) is 0 Å². The smallest absolute Gasteiger partial charge is 0.0819 e. The summed E-state index contributed by atoms with van der Waals surface area (Å²) in [6.45, 7) is 0.602. The number of hydrogen-bond donors (Lipinski definition) is 2. The summed E-state index contributed by atoms with van der Waals surface area (Å²) < 4.78 is 0.890. The van der Waals surface area contributed by atoms with E-state index in [9.17, 15) is 5.11 Å². The molecule has 1 aromatic rings. The number of benzene rings is 1. The summed E-state index contributed by atoms with van der Waals surface area (Å²) in [5, 5.41) is 14.3. The fourth-order valence-corrected chi connectivity index (χ4v) is 2.69. The Bertz CT molecular complexity index is 391. The topological polar surface area (TPSA) is 32.3 Å². The first-order chi connectivity index (χ1) is 8.09. The van der Waals surface area contributed by atoms with Crippen molar-refractivity contribution in [3.8, 4) is 0 Å². The van der Waals surface area contributed by atoms with Crippen LogP contribution in [0.4, 0.5) is 5.69 Å². The van der Waals surface area contributed by atoms with Crippen molar-refractivity contribution < 1.29 is 5.11 Å². The highest BCUT2D eigenvalue weighted by molar-refractivity contribution is 9.10. The van der Waals surface area contributed by atoms with Gasteiger partial charge >= 0.3 is 0 Å². The van der Waals surface area contributed by atoms with Crippen LogP contribution in [0.3, 0.4) is 0 Å². The van der Waals surface area contributed by atoms with Gasteiger partial charge in [0.1, 0.15) is 0 Å². The summed E-state index contributed by atoms with van der Waals surface area (Å²) in [4.78, 5) is 0. The summed E-state index contributed by atoms with van der Waals surface area (Å²) in [6.07, 6.45) is 5.28. The zero-order valence-electron chi connectivity index (χ0n) is 9.68. The molecule has 1 aliphatic rings. The largest absolute Gasteiger partial charge is 0.388 e. The molecular weight excluding hydrogens is 302 g/mol. The molecule has 0 spiro atoms. The van der Waals surface area contributed by atoms with E-state index in [4.69, 9.17) is 11.6 Å². The van der Waals surface area contributed by atoms with E-state index in [1.54, 1.807) is 0 Å². The standard InChI is InChI=1S/C13H17BrClNO/c14-11-5-4-10(8-12(11)15)16-9-13(17)6-2-1-3-7-13/h4-5,8,16-17H,1-3,6-7,9H2. The van der Waals surface area contributed by atoms with Gasteiger partial charge in [-0.2, -0.15) is 0 Å². The van der Waals surface area contributed by atoms with Crippen LogP contribution in [-0.4, -0.2) is 17.3 Å². The van der Waals surface area contributed by atoms with Gasteiger partial charge in [-0.05, 0) is 47.0 Å². The monoisotopic (exact) mass is 317 g/mol. The van der Waals surface area contributed by atoms with E-state index in [1.807, 2.05) is 18.2 Å². The molecule has 1 aliphatic carbocycles. The van der Waals surface area contributed by atoms with Crippen molar-refractivity contribution >= 4 is 33.2 Å². The summed E-state index contributed by atoms with van der Waals surface area (Å²) >= 11 is 9.38. The molecule has 94 valence electrons. The highest BCUT2D eigenvalue weighted by Crippen LogP contribution is 2.29. The minimum Gasteiger partial charge on any atom is -0.388 e. The Morgan fingerprint density at radius 2 is 2.00 bits per heavy atom. The number of hydrogen-bond acceptors (Lipinski definition) is 2. The van der Waals surface area contributed by atoms with E-state index in [1.165, 1.54) is 6.42 Å². The molecular formula is C13H17BrClNO. The molecule has 0 atom stereocenters. The maximum atomic E-state index is 10.4. The normalized spacial score (nSPS) is 19.0. The molecule has 1 aromatic carbocycles. The van der Waals surface area contributed by atoms with E-state index < -0.39 is 5.60 Å². The van der Waals surface area contributed by atoms with Crippen LogP contribution in [0.1, 0.15) is 32.1 Å². The Kier molecular flexibility index (Phi) is 4.34. The summed E-state index contributed by atoms with van der Waals surface area (Å²) in [7, 11) is 0. The first-order valence-electron chi connectivity index (χ1n) is 6.00. The fraction of sp³-hybridized carbons (Fsp3) is 0.538. The van der Waals surface area contributed by atoms with Crippen molar-refractivity contribution in [1.82, 2.24) is 0 Å². The van der Waals surface area contributed by atoms with Crippen molar-refractivity contribution in [2.24, 2.45) is 0 Å². The van der Waals surface area contributed by atoms with Gasteiger partial charge < -0.3 is 10.4 Å². The molecule has 0 heterocycles. The Morgan fingerprint density at radius 3 is 2.65 bits per heavy atom. The molecule has 1 saturated carbocycles. The van der Waals surface area contributed by atoms with Crippen LogP contribution < -0.4 is 5.32 Å². The molecule has 0 unspecified atom stereocenters. The van der Waals surface area contributed by atoms with Crippen LogP contribution in [0.2, 0.25) is 5.02 Å². The predicted molar refractivity (Wildman–Crippen MR) is 75.7 cm³/mol. The van der Waals surface area contributed by atoms with Crippen molar-refractivity contribution in [1.29, 1.82) is 0 Å². The number of halogens is 2. The van der Waals surface area contributed by atoms with Crippen molar-refractivity contribution in [3.05, 3.63) is 27.7 Å². The molecule has 0 bridgehead atoms. The molecule has 2 nitrogen and oxygen atoms in total. The van der Waals surface area contributed by atoms with Crippen molar-refractivity contribution in [2.45, 2.75) is 37.7 Å². The first kappa shape index (κ1) is 13.2. The van der Waals surface area contributed by atoms with Crippen molar-refractivity contribution in [3.63, 3.8) is 0 Å². The minimum absolute atomic E-state index is 0.544. The number of aliphatic hydroxyl groups is 1. The van der Waals surface area contributed by atoms with Crippen LogP contribution in [-0.2, 0) is 0 Å². The van der Waals surface area contributed by atoms with Crippen LogP contribution in [0.15, 0.2) is 22.7 Å². The minimum atomic E-state index is -0.544. The summed E-state index contributed by atoms with van der Waals surface area (Å²) in [5.74, 6) is 0. The van der Waals surface area contributed by atoms with Crippen LogP contribution in [0, 0.1) is 0 Å². The molecule has 0 saturated heterocycles. The lowest BCUT2D eigenvalue weighted by molar-refractivity contribution is 0.0167. The quantitative estimate of drug-likeness (QED) is 0.875. The Labute approximate surface area is 115 Å². The summed E-state index contributed by atoms with van der Waals surface area (Å²) in [6, 6.07) is 5.75. The molecule has 0 aromatic heterocycles. The lowest BCUT2D eigenvalue weighted by Crippen LogP contribution is -2.38. The second kappa shape index (κ2) is 5.59. The van der Waals surface area contributed by atoms with Gasteiger partial charge in [0, 0.05) is 16.7 Å². The SMILES string of the molecule is OC1(CNc2ccc(Br)c(Cl)c2)CCCCC1. The van der Waals surface area contributed by atoms with Gasteiger partial charge in [-0.15, -0.1) is 0 Å². The molecule has 2 rings (SSSR count). The van der Waals surface area contributed by atoms with E-state index in [0.29, 0.717) is 11.6 Å². The molecule has 1 fully saturated rings. The Balaban J connectivity index is 1.94. The average molecular weight is 319 g/mol. The number of nitrogens with one attached hydrogen (secondary N) is 1. The lowest BCUT2D eigenvalue weighted by atomic mass is 9.85. The van der Waals surface area contributed by atoms with Gasteiger partial charge in [-0.3, -0.25) is 0 Å². The van der Waals surface area contributed by atoms with Gasteiger partial charge in [0.05, 0.1) is 10.6 Å². The lowest BCUT2D eigenvalue weighted by Gasteiger charge is -2.32. The molecule has 2 N–H and O–H groups in total. The highest BCUT2D eigenvalue weighted by Gasteiger charge is 2.28. The molecule has 17 heavy (non-hydrogen) atoms. The molecule has 0 radical (unpaired) electrons. The van der Waals surface area contributed by atoms with Crippen LogP contribution in [0.25, 0.3) is 0 Å². The van der Waals surface area contributed by atoms with Gasteiger partial charge in [0.2, 0.25) is 0 Å². The predicted octanol–water partition coefficient (Wildman–Crippen LogP) is 4.21. The van der Waals surface area contributed by atoms with Gasteiger partial charge in [0.25, 0.3) is 0 Å². The van der Waals surface area contributed by atoms with E-state index >= 15 is 0 Å². The van der Waals surface area contributed by atoms with Gasteiger partial charge in [-0.1, -0.05) is 30.9 Å². The zero-order valence-corrected chi connectivity index (χ0v) is 12.0. The molecule has 0 amide bonds. The Hall–Kier alpha value is -0.250. The number of rotatable bonds is 3. The number of anilines is 1. The second-order valence-electron chi connectivity index (χ2n) is 4.77. The van der Waals surface area contributed by atoms with E-state index in [2.05, 4.69) is 21.2 Å². The zero-order chi connectivity index (χ0) is 12.3. The molecule has 0 aliphatic heterocycles. The van der Waals surface area contributed by atoms with Crippen LogP contribution >= 0.6 is 27.5 Å². The fourth-order valence-electron chi connectivity index (χ4n) is 2.26. The third-order valence-corrected chi connectivity index (χ3v) is 4.56. The second-order valence-corrected chi connectivity index (χ2v) is 6.03. The van der Waals surface area contributed by atoms with Crippen molar-refractivity contribution in [2.75, 3.05) is 11.9 Å².